The number of halogens is 2. The lowest BCUT2D eigenvalue weighted by atomic mass is 10.0. The minimum absolute atomic E-state index is 0.108. The number of thiophene rings is 1. The van der Waals surface area contributed by atoms with Crippen molar-refractivity contribution in [1.29, 1.82) is 0 Å². The molecule has 1 aromatic heterocycles. The van der Waals surface area contributed by atoms with E-state index in [0.29, 0.717) is 30.4 Å². The van der Waals surface area contributed by atoms with Crippen LogP contribution in [0.25, 0.3) is 0 Å². The number of rotatable bonds is 8. The van der Waals surface area contributed by atoms with Gasteiger partial charge in [0.1, 0.15) is 13.2 Å². The van der Waals surface area contributed by atoms with Gasteiger partial charge in [-0.05, 0) is 66.6 Å². The predicted octanol–water partition coefficient (Wildman–Crippen LogP) is 5.76. The van der Waals surface area contributed by atoms with Crippen LogP contribution >= 0.6 is 22.9 Å². The molecule has 1 N–H and O–H groups in total. The van der Waals surface area contributed by atoms with Crippen molar-refractivity contribution in [3.8, 4) is 5.75 Å². The molecule has 10 heteroatoms. The number of amides is 3. The lowest BCUT2D eigenvalue weighted by Gasteiger charge is -2.37. The summed E-state index contributed by atoms with van der Waals surface area (Å²) < 4.78 is 25.8. The molecule has 0 unspecified atom stereocenters. The summed E-state index contributed by atoms with van der Waals surface area (Å²) >= 11 is 7.72. The Balaban J connectivity index is 1.33. The van der Waals surface area contributed by atoms with Crippen molar-refractivity contribution in [1.82, 2.24) is 9.80 Å². The maximum absolute atomic E-state index is 14.2. The van der Waals surface area contributed by atoms with Crippen molar-refractivity contribution in [3.63, 3.8) is 0 Å². The molecule has 2 aliphatic rings. The lowest BCUT2D eigenvalue weighted by molar-refractivity contribution is -0.135. The van der Waals surface area contributed by atoms with Gasteiger partial charge in [0.2, 0.25) is 5.91 Å². The Morgan fingerprint density at radius 2 is 2.08 bits per heavy atom. The summed E-state index contributed by atoms with van der Waals surface area (Å²) in [6.07, 6.45) is 2.34. The summed E-state index contributed by atoms with van der Waals surface area (Å²) in [5, 5.41) is 5.35. The van der Waals surface area contributed by atoms with Crippen LogP contribution in [0.2, 0.25) is 5.02 Å². The molecule has 5 rings (SSSR count). The Morgan fingerprint density at radius 1 is 1.21 bits per heavy atom. The van der Waals surface area contributed by atoms with Gasteiger partial charge in [-0.3, -0.25) is 4.79 Å². The van der Waals surface area contributed by atoms with Gasteiger partial charge in [0.05, 0.1) is 12.1 Å². The number of carbonyl (C=O) groups excluding carboxylic acids is 2. The van der Waals surface area contributed by atoms with Crippen LogP contribution in [-0.4, -0.2) is 60.7 Å². The molecular weight excluding hydrogens is 529 g/mol. The van der Waals surface area contributed by atoms with E-state index < -0.39 is 17.9 Å². The normalized spacial score (nSPS) is 18.6. The van der Waals surface area contributed by atoms with Gasteiger partial charge in [-0.2, -0.15) is 0 Å². The highest BCUT2D eigenvalue weighted by Crippen LogP contribution is 2.34. The molecule has 3 amide bonds. The number of para-hydroxylation sites is 1. The molecule has 0 bridgehead atoms. The molecule has 200 valence electrons. The molecule has 0 spiro atoms. The SMILES string of the molecule is O=C(Nc1cccc(Cl)c1)N(CC(=O)N1CCc2sccc2[C@H]1COc1ccccc1F)C[C@@H]1CCCO1. The van der Waals surface area contributed by atoms with Crippen LogP contribution in [-0.2, 0) is 16.0 Å². The Labute approximate surface area is 230 Å². The summed E-state index contributed by atoms with van der Waals surface area (Å²) in [6.45, 7) is 1.41. The minimum Gasteiger partial charge on any atom is -0.488 e. The maximum atomic E-state index is 14.2. The predicted molar refractivity (Wildman–Crippen MR) is 145 cm³/mol. The third-order valence-electron chi connectivity index (χ3n) is 6.79. The van der Waals surface area contributed by atoms with Crippen LogP contribution in [0.5, 0.6) is 5.75 Å². The standard InChI is InChI=1S/C28H29ClFN3O4S/c29-19-5-3-6-20(15-19)31-28(35)32(16-21-7-4-13-36-21)17-27(34)33-12-10-26-22(11-14-38-26)24(33)18-37-25-9-2-1-8-23(25)30/h1-3,5-6,8-9,11,14-15,21,24H,4,7,10,12-13,16-18H2,(H,31,35)/t21-,24+/m0/s1. The zero-order valence-corrected chi connectivity index (χ0v) is 22.3. The Kier molecular flexibility index (Phi) is 8.46. The Bertz CT molecular complexity index is 1280. The average molecular weight is 558 g/mol. The number of hydrogen-bond acceptors (Lipinski definition) is 5. The van der Waals surface area contributed by atoms with Gasteiger partial charge in [-0.25, -0.2) is 9.18 Å². The van der Waals surface area contributed by atoms with E-state index in [2.05, 4.69) is 5.32 Å². The third-order valence-corrected chi connectivity index (χ3v) is 8.02. The van der Waals surface area contributed by atoms with Crippen LogP contribution in [0.4, 0.5) is 14.9 Å². The zero-order valence-electron chi connectivity index (χ0n) is 20.8. The molecule has 38 heavy (non-hydrogen) atoms. The van der Waals surface area contributed by atoms with E-state index in [0.717, 1.165) is 24.8 Å². The third kappa shape index (κ3) is 6.28. The van der Waals surface area contributed by atoms with Gasteiger partial charge in [0.25, 0.3) is 0 Å². The number of fused-ring (bicyclic) bond motifs is 1. The highest BCUT2D eigenvalue weighted by Gasteiger charge is 2.34. The van der Waals surface area contributed by atoms with E-state index in [-0.39, 0.29) is 30.9 Å². The van der Waals surface area contributed by atoms with Crippen molar-refractivity contribution in [2.75, 3.05) is 38.2 Å². The van der Waals surface area contributed by atoms with Crippen LogP contribution in [0.3, 0.4) is 0 Å². The second kappa shape index (κ2) is 12.1. The lowest BCUT2D eigenvalue weighted by Crippen LogP contribution is -2.50. The Hall–Kier alpha value is -3.14. The second-order valence-electron chi connectivity index (χ2n) is 9.35. The fraction of sp³-hybridized carbons (Fsp3) is 0.357. The average Bonchev–Trinajstić information content (AvgIpc) is 3.60. The highest BCUT2D eigenvalue weighted by atomic mass is 35.5. The van der Waals surface area contributed by atoms with Crippen molar-refractivity contribution in [2.24, 2.45) is 0 Å². The first-order chi connectivity index (χ1) is 18.5. The molecule has 7 nitrogen and oxygen atoms in total. The molecule has 3 aromatic rings. The summed E-state index contributed by atoms with van der Waals surface area (Å²) in [6, 6.07) is 14.3. The van der Waals surface area contributed by atoms with Gasteiger partial charge in [0.15, 0.2) is 11.6 Å². The topological polar surface area (TPSA) is 71.1 Å². The maximum Gasteiger partial charge on any atom is 0.322 e. The highest BCUT2D eigenvalue weighted by molar-refractivity contribution is 7.10. The largest absolute Gasteiger partial charge is 0.488 e. The van der Waals surface area contributed by atoms with Gasteiger partial charge in [-0.1, -0.05) is 29.8 Å². The van der Waals surface area contributed by atoms with Crippen molar-refractivity contribution < 1.29 is 23.5 Å². The van der Waals surface area contributed by atoms with Gasteiger partial charge >= 0.3 is 6.03 Å². The molecule has 2 aromatic carbocycles. The second-order valence-corrected chi connectivity index (χ2v) is 10.8. The van der Waals surface area contributed by atoms with E-state index in [1.165, 1.54) is 15.8 Å². The summed E-state index contributed by atoms with van der Waals surface area (Å²) in [5.41, 5.74) is 1.55. The monoisotopic (exact) mass is 557 g/mol. The van der Waals surface area contributed by atoms with Gasteiger partial charge < -0.3 is 24.6 Å². The van der Waals surface area contributed by atoms with Crippen LogP contribution in [0, 0.1) is 5.82 Å². The molecule has 1 saturated heterocycles. The van der Waals surface area contributed by atoms with Crippen molar-refractivity contribution in [3.05, 3.63) is 81.3 Å². The molecule has 2 atom stereocenters. The van der Waals surface area contributed by atoms with Gasteiger partial charge in [-0.15, -0.1) is 11.3 Å². The van der Waals surface area contributed by atoms with Crippen LogP contribution in [0.1, 0.15) is 29.3 Å². The van der Waals surface area contributed by atoms with Gasteiger partial charge in [0, 0.05) is 35.3 Å². The van der Waals surface area contributed by atoms with E-state index in [1.807, 2.05) is 11.4 Å². The number of urea groups is 1. The molecule has 3 heterocycles. The van der Waals surface area contributed by atoms with Crippen LogP contribution < -0.4 is 10.1 Å². The molecule has 0 aliphatic carbocycles. The van der Waals surface area contributed by atoms with Crippen molar-refractivity contribution >= 4 is 40.6 Å². The number of benzene rings is 2. The first kappa shape index (κ1) is 26.5. The first-order valence-electron chi connectivity index (χ1n) is 12.6. The number of ether oxygens (including phenoxy) is 2. The fourth-order valence-electron chi connectivity index (χ4n) is 4.88. The van der Waals surface area contributed by atoms with Crippen LogP contribution in [0.15, 0.2) is 60.0 Å². The molecular formula is C28H29ClFN3O4S. The number of anilines is 1. The van der Waals surface area contributed by atoms with E-state index in [1.54, 1.807) is 58.7 Å². The zero-order chi connectivity index (χ0) is 26.5. The molecule has 0 saturated carbocycles. The molecule has 1 fully saturated rings. The quantitative estimate of drug-likeness (QED) is 0.382. The van der Waals surface area contributed by atoms with E-state index in [4.69, 9.17) is 21.1 Å². The van der Waals surface area contributed by atoms with Crippen molar-refractivity contribution in [2.45, 2.75) is 31.4 Å². The number of nitrogens with zero attached hydrogens (tertiary/aromatic N) is 2. The summed E-state index contributed by atoms with van der Waals surface area (Å²) in [5.74, 6) is -0.515. The molecule has 2 aliphatic heterocycles. The van der Waals surface area contributed by atoms with E-state index in [9.17, 15) is 14.0 Å². The number of carbonyl (C=O) groups is 2. The fourth-order valence-corrected chi connectivity index (χ4v) is 6.00. The molecule has 0 radical (unpaired) electrons. The Morgan fingerprint density at radius 3 is 2.87 bits per heavy atom. The smallest absolute Gasteiger partial charge is 0.322 e. The van der Waals surface area contributed by atoms with E-state index >= 15 is 0 Å². The number of hydrogen-bond donors (Lipinski definition) is 1. The summed E-state index contributed by atoms with van der Waals surface area (Å²) in [7, 11) is 0. The minimum atomic E-state index is -0.452. The number of nitrogens with one attached hydrogen (secondary N) is 1. The summed E-state index contributed by atoms with van der Waals surface area (Å²) in [4.78, 5) is 31.5. The first-order valence-corrected chi connectivity index (χ1v) is 13.9.